The molecule has 2 aromatic carbocycles. The van der Waals surface area contributed by atoms with Crippen LogP contribution in [0.1, 0.15) is 5.56 Å². The molecule has 0 amide bonds. The van der Waals surface area contributed by atoms with Crippen molar-refractivity contribution in [2.75, 3.05) is 7.11 Å². The molecule has 3 rings (SSSR count). The maximum Gasteiger partial charge on any atom is 2.00 e. The van der Waals surface area contributed by atoms with E-state index in [0.717, 1.165) is 16.9 Å². The summed E-state index contributed by atoms with van der Waals surface area (Å²) in [6.45, 7) is 0. The molecule has 2 aromatic rings. The van der Waals surface area contributed by atoms with Gasteiger partial charge in [0.1, 0.15) is 5.75 Å². The molecule has 3 heteroatoms. The van der Waals surface area contributed by atoms with Crippen LogP contribution >= 0.6 is 0 Å². The minimum atomic E-state index is 0. The average Bonchev–Trinajstić information content (AvgIpc) is 3.28. The van der Waals surface area contributed by atoms with Crippen LogP contribution in [0.15, 0.2) is 96.3 Å². The normalized spacial score (nSPS) is 11.8. The van der Waals surface area contributed by atoms with Crippen LogP contribution in [-0.4, -0.2) is 7.11 Å². The van der Waals surface area contributed by atoms with Crippen LogP contribution in [0.5, 0.6) is 5.75 Å². The van der Waals surface area contributed by atoms with E-state index in [4.69, 9.17) is 4.74 Å². The predicted molar refractivity (Wildman–Crippen MR) is 89.4 cm³/mol. The van der Waals surface area contributed by atoms with Crippen molar-refractivity contribution < 1.29 is 26.9 Å². The van der Waals surface area contributed by atoms with Crippen molar-refractivity contribution in [1.82, 2.24) is 0 Å². The van der Waals surface area contributed by atoms with Gasteiger partial charge in [-0.1, -0.05) is 48.6 Å². The fourth-order valence-electron chi connectivity index (χ4n) is 1.84. The summed E-state index contributed by atoms with van der Waals surface area (Å²) in [4.78, 5) is 0. The van der Waals surface area contributed by atoms with Crippen molar-refractivity contribution >= 4 is 6.08 Å². The minimum absolute atomic E-state index is 0. The van der Waals surface area contributed by atoms with Crippen LogP contribution in [0.3, 0.4) is 0 Å². The van der Waals surface area contributed by atoms with Crippen molar-refractivity contribution in [3.63, 3.8) is 0 Å². The number of benzene rings is 1. The number of methoxy groups -OCH3 is 1. The summed E-state index contributed by atoms with van der Waals surface area (Å²) in [7, 11) is 1.63. The maximum atomic E-state index is 11.7. The van der Waals surface area contributed by atoms with E-state index in [0.29, 0.717) is 0 Å². The first-order valence-corrected chi connectivity index (χ1v) is 7.04. The van der Waals surface area contributed by atoms with Gasteiger partial charge in [-0.25, -0.2) is 12.1 Å². The molecule has 0 saturated heterocycles. The van der Waals surface area contributed by atoms with Crippen LogP contribution < -0.4 is 9.84 Å². The zero-order chi connectivity index (χ0) is 15.6. The summed E-state index contributed by atoms with van der Waals surface area (Å²) in [5, 5.41) is 11.7. The van der Waals surface area contributed by atoms with E-state index in [1.807, 2.05) is 66.7 Å². The molecule has 0 fully saturated rings. The predicted octanol–water partition coefficient (Wildman–Crippen LogP) is 3.85. The molecule has 0 heterocycles. The number of allylic oxidation sites excluding steroid dienone is 6. The van der Waals surface area contributed by atoms with Crippen molar-refractivity contribution in [3.05, 3.63) is 102 Å². The molecule has 0 aromatic heterocycles. The second-order valence-electron chi connectivity index (χ2n) is 4.61. The average molecular weight is 346 g/mol. The minimum Gasteiger partial charge on any atom is -0.872 e. The Morgan fingerprint density at radius 2 is 1.65 bits per heavy atom. The molecule has 0 aliphatic heterocycles. The number of hydrogen-bond acceptors (Lipinski definition) is 2. The largest absolute Gasteiger partial charge is 2.00 e. The van der Waals surface area contributed by atoms with Crippen LogP contribution in [-0.2, 0) is 17.1 Å². The Balaban J connectivity index is 0.000000377. The summed E-state index contributed by atoms with van der Waals surface area (Å²) < 4.78 is 5.06. The quantitative estimate of drug-likeness (QED) is 0.480. The van der Waals surface area contributed by atoms with Crippen LogP contribution in [0, 0.1) is 0 Å². The number of hydrogen-bond donors (Lipinski definition) is 0. The third kappa shape index (κ3) is 6.52. The van der Waals surface area contributed by atoms with Gasteiger partial charge in [0.15, 0.2) is 0 Å². The molecule has 0 unspecified atom stereocenters. The summed E-state index contributed by atoms with van der Waals surface area (Å²) in [6.07, 6.45) is 10.7. The Morgan fingerprint density at radius 1 is 1.04 bits per heavy atom. The molecule has 2 nitrogen and oxygen atoms in total. The first-order chi connectivity index (χ1) is 10.8. The molecule has 23 heavy (non-hydrogen) atoms. The van der Waals surface area contributed by atoms with Gasteiger partial charge >= 0.3 is 17.1 Å². The summed E-state index contributed by atoms with van der Waals surface area (Å²) in [6, 6.07) is 17.6. The third-order valence-corrected chi connectivity index (χ3v) is 3.05. The maximum absolute atomic E-state index is 11.7. The van der Waals surface area contributed by atoms with Crippen LogP contribution in [0.4, 0.5) is 0 Å². The summed E-state index contributed by atoms with van der Waals surface area (Å²) in [5.74, 6) is 0.829. The van der Waals surface area contributed by atoms with Gasteiger partial charge < -0.3 is 9.84 Å². The first kappa shape index (κ1) is 18.7. The molecule has 0 radical (unpaired) electrons. The van der Waals surface area contributed by atoms with Gasteiger partial charge in [0, 0.05) is 0 Å². The van der Waals surface area contributed by atoms with Gasteiger partial charge in [0.05, 0.1) is 7.11 Å². The molecule has 0 atom stereocenters. The second-order valence-corrected chi connectivity index (χ2v) is 4.61. The van der Waals surface area contributed by atoms with E-state index in [1.165, 1.54) is 0 Å². The standard InChI is InChI=1S/C15H14O2.C5H5.Fe/c1-17-14-9-6-12(7-10-14)8-11-15(16)13-4-2-3-5-13;1-2-4-5-3-1;/h2-11,16H,1H3;1-5H;/q;-1;+2/p-1/b11-8-;;. The Hall–Kier alpha value is -2.35. The fourth-order valence-corrected chi connectivity index (χ4v) is 1.84. The SMILES string of the molecule is COc1ccc(/C=C\C([O-])=C2C=CC=C2)cc1.[Fe+2].c1cc[cH-]c1. The Morgan fingerprint density at radius 3 is 2.13 bits per heavy atom. The van der Waals surface area contributed by atoms with E-state index >= 15 is 0 Å². The molecule has 0 saturated carbocycles. The zero-order valence-corrected chi connectivity index (χ0v) is 13.9. The summed E-state index contributed by atoms with van der Waals surface area (Å²) >= 11 is 0. The van der Waals surface area contributed by atoms with E-state index < -0.39 is 0 Å². The van der Waals surface area contributed by atoms with Gasteiger partial charge in [-0.15, -0.1) is 5.76 Å². The van der Waals surface area contributed by atoms with Crippen molar-refractivity contribution in [2.45, 2.75) is 0 Å². The molecule has 0 spiro atoms. The molecular weight excluding hydrogens is 328 g/mol. The van der Waals surface area contributed by atoms with E-state index in [-0.39, 0.29) is 22.8 Å². The second kappa shape index (κ2) is 10.4. The molecule has 0 bridgehead atoms. The van der Waals surface area contributed by atoms with E-state index in [2.05, 4.69) is 0 Å². The van der Waals surface area contributed by atoms with Gasteiger partial charge in [0.2, 0.25) is 0 Å². The van der Waals surface area contributed by atoms with Crippen LogP contribution in [0.25, 0.3) is 6.08 Å². The zero-order valence-electron chi connectivity index (χ0n) is 12.8. The topological polar surface area (TPSA) is 32.3 Å². The van der Waals surface area contributed by atoms with Gasteiger partial charge in [0.25, 0.3) is 0 Å². The smallest absolute Gasteiger partial charge is 0.872 e. The number of ether oxygens (including phenoxy) is 1. The van der Waals surface area contributed by atoms with Crippen molar-refractivity contribution in [1.29, 1.82) is 0 Å². The monoisotopic (exact) mass is 346 g/mol. The first-order valence-electron chi connectivity index (χ1n) is 7.04. The van der Waals surface area contributed by atoms with Gasteiger partial charge in [-0.05, 0) is 23.3 Å². The van der Waals surface area contributed by atoms with E-state index in [1.54, 1.807) is 31.4 Å². The van der Waals surface area contributed by atoms with Gasteiger partial charge in [-0.2, -0.15) is 18.2 Å². The summed E-state index contributed by atoms with van der Waals surface area (Å²) in [5.41, 5.74) is 1.69. The molecule has 1 aliphatic carbocycles. The molecule has 118 valence electrons. The van der Waals surface area contributed by atoms with Crippen molar-refractivity contribution in [2.24, 2.45) is 0 Å². The van der Waals surface area contributed by atoms with E-state index in [9.17, 15) is 5.11 Å². The Bertz CT molecular complexity index is 644. The van der Waals surface area contributed by atoms with Crippen molar-refractivity contribution in [3.8, 4) is 5.75 Å². The molecular formula is C20H18FeO2. The van der Waals surface area contributed by atoms with Crippen LogP contribution in [0.2, 0.25) is 0 Å². The number of rotatable bonds is 3. The molecule has 1 aliphatic rings. The Labute approximate surface area is 148 Å². The van der Waals surface area contributed by atoms with Gasteiger partial charge in [-0.3, -0.25) is 0 Å². The molecule has 0 N–H and O–H groups in total. The third-order valence-electron chi connectivity index (χ3n) is 3.05. The Kier molecular flexibility index (Phi) is 8.44. The fraction of sp³-hybridized carbons (Fsp3) is 0.0500.